The summed E-state index contributed by atoms with van der Waals surface area (Å²) in [6.07, 6.45) is 3.38. The number of anilines is 1. The van der Waals surface area contributed by atoms with E-state index in [1.165, 1.54) is 30.5 Å². The molecule has 2 aromatic heterocycles. The lowest BCUT2D eigenvalue weighted by Gasteiger charge is -2.05. The summed E-state index contributed by atoms with van der Waals surface area (Å²) >= 11 is 0. The average molecular weight is 459 g/mol. The zero-order chi connectivity index (χ0) is 24.1. The second-order valence-corrected chi connectivity index (χ2v) is 6.97. The molecule has 0 aliphatic carbocycles. The number of nitro groups is 1. The number of non-ortho nitro benzene ring substituents is 1. The molecule has 2 aromatic carbocycles. The van der Waals surface area contributed by atoms with E-state index in [4.69, 9.17) is 5.73 Å². The highest BCUT2D eigenvalue weighted by Crippen LogP contribution is 2.28. The molecule has 13 heteroatoms. The largest absolute Gasteiger partial charge is 0.378 e. The van der Waals surface area contributed by atoms with Gasteiger partial charge in [0, 0.05) is 17.7 Å². The van der Waals surface area contributed by atoms with Gasteiger partial charge in [-0.3, -0.25) is 14.9 Å². The summed E-state index contributed by atoms with van der Waals surface area (Å²) in [4.78, 5) is 23.3. The lowest BCUT2D eigenvalue weighted by Crippen LogP contribution is -2.19. The Hall–Kier alpha value is -5.20. The number of aromatic nitrogens is 5. The van der Waals surface area contributed by atoms with Gasteiger partial charge in [0.1, 0.15) is 5.69 Å². The maximum atomic E-state index is 12.9. The molecule has 0 radical (unpaired) electrons. The molecule has 0 fully saturated rings. The first-order chi connectivity index (χ1) is 16.4. The number of benzene rings is 2. The molecule has 0 spiro atoms. The monoisotopic (exact) mass is 459 g/mol. The van der Waals surface area contributed by atoms with Crippen LogP contribution in [0, 0.1) is 10.1 Å². The van der Waals surface area contributed by atoms with Crippen LogP contribution in [0.4, 0.5) is 11.5 Å². The quantitative estimate of drug-likeness (QED) is 0.238. The van der Waals surface area contributed by atoms with Crippen molar-refractivity contribution in [2.75, 3.05) is 5.73 Å². The fourth-order valence-electron chi connectivity index (χ4n) is 3.02. The van der Waals surface area contributed by atoms with E-state index in [1.807, 2.05) is 43.3 Å². The molecule has 1 amide bonds. The molecule has 13 nitrogen and oxygen atoms in total. The normalized spacial score (nSPS) is 11.6. The minimum Gasteiger partial charge on any atom is -0.378 e. The fourth-order valence-corrected chi connectivity index (χ4v) is 3.02. The third-order valence-electron chi connectivity index (χ3n) is 4.56. The zero-order valence-corrected chi connectivity index (χ0v) is 17.7. The van der Waals surface area contributed by atoms with Crippen LogP contribution in [0.25, 0.3) is 23.2 Å². The van der Waals surface area contributed by atoms with Crippen LogP contribution in [0.3, 0.4) is 0 Å². The molecular weight excluding hydrogens is 442 g/mol. The maximum Gasteiger partial charge on any atom is 0.294 e. The topological polar surface area (TPSA) is 180 Å². The van der Waals surface area contributed by atoms with Crippen molar-refractivity contribution < 1.29 is 14.3 Å². The van der Waals surface area contributed by atoms with Gasteiger partial charge in [-0.1, -0.05) is 41.6 Å². The van der Waals surface area contributed by atoms with Crippen molar-refractivity contribution in [2.24, 2.45) is 5.10 Å². The molecule has 0 bridgehead atoms. The zero-order valence-electron chi connectivity index (χ0n) is 17.7. The first-order valence-electron chi connectivity index (χ1n) is 9.79. The van der Waals surface area contributed by atoms with Gasteiger partial charge in [0.15, 0.2) is 5.69 Å². The Morgan fingerprint density at radius 2 is 1.91 bits per heavy atom. The molecule has 0 atom stereocenters. The summed E-state index contributed by atoms with van der Waals surface area (Å²) in [5.41, 5.74) is 10.3. The number of carbonyl (C=O) groups is 1. The Balaban J connectivity index is 1.64. The first kappa shape index (κ1) is 22.0. The van der Waals surface area contributed by atoms with Gasteiger partial charge in [0.2, 0.25) is 11.6 Å². The minimum atomic E-state index is -0.668. The van der Waals surface area contributed by atoms with Gasteiger partial charge < -0.3 is 5.73 Å². The van der Waals surface area contributed by atoms with E-state index in [1.54, 1.807) is 0 Å². The molecule has 0 unspecified atom stereocenters. The van der Waals surface area contributed by atoms with Gasteiger partial charge in [-0.2, -0.15) is 9.78 Å². The number of hydrogen-bond donors (Lipinski definition) is 2. The molecule has 170 valence electrons. The van der Waals surface area contributed by atoms with Crippen molar-refractivity contribution in [3.05, 3.63) is 81.5 Å². The smallest absolute Gasteiger partial charge is 0.294 e. The third-order valence-corrected chi connectivity index (χ3v) is 4.56. The van der Waals surface area contributed by atoms with E-state index in [9.17, 15) is 14.9 Å². The van der Waals surface area contributed by atoms with E-state index in [-0.39, 0.29) is 28.7 Å². The van der Waals surface area contributed by atoms with E-state index in [0.717, 1.165) is 15.8 Å². The maximum absolute atomic E-state index is 12.9. The van der Waals surface area contributed by atoms with Gasteiger partial charge >= 0.3 is 0 Å². The Kier molecular flexibility index (Phi) is 6.16. The molecular formula is C21H17N9O4. The van der Waals surface area contributed by atoms with Gasteiger partial charge in [0.05, 0.1) is 11.1 Å². The molecule has 0 saturated heterocycles. The Labute approximate surface area is 191 Å². The lowest BCUT2D eigenvalue weighted by atomic mass is 10.1. The number of nitrogens with two attached hydrogens (primary N) is 1. The highest BCUT2D eigenvalue weighted by Gasteiger charge is 2.25. The highest BCUT2D eigenvalue weighted by molar-refractivity contribution is 5.99. The van der Waals surface area contributed by atoms with Gasteiger partial charge in [-0.05, 0) is 40.5 Å². The summed E-state index contributed by atoms with van der Waals surface area (Å²) in [6.45, 7) is 1.83. The summed E-state index contributed by atoms with van der Waals surface area (Å²) < 4.78 is 5.78. The van der Waals surface area contributed by atoms with Gasteiger partial charge in [0.25, 0.3) is 11.6 Å². The number of allylic oxidation sites excluding steroid dienone is 1. The highest BCUT2D eigenvalue weighted by atomic mass is 16.6. The summed E-state index contributed by atoms with van der Waals surface area (Å²) in [6, 6.07) is 15.1. The number of nitrogens with zero attached hydrogens (tertiary/aromatic N) is 7. The Bertz CT molecular complexity index is 1390. The van der Waals surface area contributed by atoms with E-state index < -0.39 is 10.8 Å². The number of nitro benzene ring substituents is 1. The number of nitrogen functional groups attached to an aromatic ring is 1. The summed E-state index contributed by atoms with van der Waals surface area (Å²) in [5, 5.41) is 30.0. The third kappa shape index (κ3) is 4.67. The lowest BCUT2D eigenvalue weighted by molar-refractivity contribution is -0.384. The van der Waals surface area contributed by atoms with Crippen LogP contribution in [0.15, 0.2) is 69.9 Å². The van der Waals surface area contributed by atoms with Crippen molar-refractivity contribution in [1.82, 2.24) is 30.7 Å². The Morgan fingerprint density at radius 3 is 2.56 bits per heavy atom. The van der Waals surface area contributed by atoms with Gasteiger partial charge in [-0.15, -0.1) is 5.10 Å². The van der Waals surface area contributed by atoms with Gasteiger partial charge in [-0.25, -0.2) is 10.1 Å². The molecule has 2 heterocycles. The SMILES string of the molecule is CC(/C=N/NC(=O)c1nnn(-c2nonc2N)c1-c1ccc([N+](=O)[O-])cc1)=C\c1ccccc1. The number of hydrazone groups is 1. The van der Waals surface area contributed by atoms with E-state index in [0.29, 0.717) is 5.56 Å². The van der Waals surface area contributed by atoms with Crippen LogP contribution in [0.5, 0.6) is 0 Å². The minimum absolute atomic E-state index is 0.00467. The fraction of sp³-hybridized carbons (Fsp3) is 0.0476. The van der Waals surface area contributed by atoms with Crippen molar-refractivity contribution in [1.29, 1.82) is 0 Å². The molecule has 0 saturated carbocycles. The molecule has 4 rings (SSSR count). The predicted molar refractivity (Wildman–Crippen MR) is 122 cm³/mol. The van der Waals surface area contributed by atoms with E-state index >= 15 is 0 Å². The predicted octanol–water partition coefficient (Wildman–Crippen LogP) is 2.63. The molecule has 3 N–H and O–H groups in total. The molecule has 0 aliphatic rings. The van der Waals surface area contributed by atoms with Crippen LogP contribution in [-0.4, -0.2) is 42.4 Å². The number of hydrogen-bond acceptors (Lipinski definition) is 10. The summed E-state index contributed by atoms with van der Waals surface area (Å²) in [5.74, 6) is -0.747. The Morgan fingerprint density at radius 1 is 1.18 bits per heavy atom. The molecule has 0 aliphatic heterocycles. The number of nitrogens with one attached hydrogen (secondary N) is 1. The van der Waals surface area contributed by atoms with Crippen LogP contribution < -0.4 is 11.2 Å². The number of amides is 1. The second kappa shape index (κ2) is 9.52. The molecule has 4 aromatic rings. The second-order valence-electron chi connectivity index (χ2n) is 6.97. The standard InChI is InChI=1S/C21H17N9O4/c1-13(11-14-5-3-2-4-6-14)12-23-25-21(31)17-18(15-7-9-16(10-8-15)30(32)33)29(28-24-17)20-19(22)26-34-27-20/h2-12H,1H3,(H2,22,26)(H,25,31)/b13-11+,23-12+. The first-order valence-corrected chi connectivity index (χ1v) is 9.79. The van der Waals surface area contributed by atoms with E-state index in [2.05, 4.69) is 35.8 Å². The summed E-state index contributed by atoms with van der Waals surface area (Å²) in [7, 11) is 0. The van der Waals surface area contributed by atoms with Crippen LogP contribution in [0.1, 0.15) is 23.0 Å². The number of carbonyl (C=O) groups excluding carboxylic acids is 1. The van der Waals surface area contributed by atoms with Crippen molar-refractivity contribution in [2.45, 2.75) is 6.92 Å². The average Bonchev–Trinajstić information content (AvgIpc) is 3.45. The number of rotatable bonds is 7. The van der Waals surface area contributed by atoms with Crippen molar-refractivity contribution in [3.8, 4) is 17.1 Å². The van der Waals surface area contributed by atoms with Crippen molar-refractivity contribution >= 4 is 29.7 Å². The van der Waals surface area contributed by atoms with Crippen molar-refractivity contribution in [3.63, 3.8) is 0 Å². The van der Waals surface area contributed by atoms with Crippen LogP contribution in [-0.2, 0) is 0 Å². The van der Waals surface area contributed by atoms with Crippen LogP contribution in [0.2, 0.25) is 0 Å². The van der Waals surface area contributed by atoms with Crippen LogP contribution >= 0.6 is 0 Å². The molecule has 34 heavy (non-hydrogen) atoms.